The van der Waals surface area contributed by atoms with E-state index in [1.807, 2.05) is 0 Å². The molecule has 1 N–H and O–H groups in total. The summed E-state index contributed by atoms with van der Waals surface area (Å²) in [5.41, 5.74) is -0.0473. The Kier molecular flexibility index (Phi) is 5.36. The largest absolute Gasteiger partial charge is 0.416 e. The summed E-state index contributed by atoms with van der Waals surface area (Å²) in [5.74, 6) is 0. The molecule has 0 aromatic heterocycles. The molecule has 0 bridgehead atoms. The predicted molar refractivity (Wildman–Crippen MR) is 91.0 cm³/mol. The van der Waals surface area contributed by atoms with Crippen LogP contribution in [0.5, 0.6) is 0 Å². The Morgan fingerprint density at radius 2 is 1.62 bits per heavy atom. The van der Waals surface area contributed by atoms with E-state index < -0.39 is 21.8 Å². The maximum atomic E-state index is 12.8. The van der Waals surface area contributed by atoms with Crippen molar-refractivity contribution < 1.29 is 26.5 Å². The van der Waals surface area contributed by atoms with Crippen molar-refractivity contribution in [1.82, 2.24) is 4.31 Å². The summed E-state index contributed by atoms with van der Waals surface area (Å²) in [6, 6.07) is 13.6. The lowest BCUT2D eigenvalue weighted by Crippen LogP contribution is -3.13. The second-order valence-electron chi connectivity index (χ2n) is 6.34. The zero-order valence-electron chi connectivity index (χ0n) is 14.0. The fraction of sp³-hybridized carbons (Fsp3) is 0.333. The topological polar surface area (TPSA) is 41.8 Å². The number of benzene rings is 2. The van der Waals surface area contributed by atoms with Crippen molar-refractivity contribution in [3.63, 3.8) is 0 Å². The molecule has 140 valence electrons. The Morgan fingerprint density at radius 1 is 0.962 bits per heavy atom. The summed E-state index contributed by atoms with van der Waals surface area (Å²) in [6.45, 7) is 2.27. The molecule has 1 aliphatic rings. The normalized spacial score (nSPS) is 17.3. The lowest BCUT2D eigenvalue weighted by molar-refractivity contribution is -0.917. The standard InChI is InChI=1S/C18H19F3N2O2S/c19-18(20,21)16-6-4-5-15(13-16)14-22-9-11-23(12-10-22)26(24,25)17-7-2-1-3-8-17/h1-8,13H,9-12,14H2/p+1. The molecule has 0 amide bonds. The number of rotatable bonds is 4. The first-order chi connectivity index (χ1) is 12.3. The van der Waals surface area contributed by atoms with Gasteiger partial charge in [-0.3, -0.25) is 0 Å². The number of alkyl halides is 3. The number of halogens is 3. The highest BCUT2D eigenvalue weighted by molar-refractivity contribution is 7.89. The summed E-state index contributed by atoms with van der Waals surface area (Å²) in [4.78, 5) is 1.34. The van der Waals surface area contributed by atoms with E-state index in [1.165, 1.54) is 16.4 Å². The molecular weight excluding hydrogens is 365 g/mol. The first kappa shape index (κ1) is 18.9. The third kappa shape index (κ3) is 4.25. The van der Waals surface area contributed by atoms with E-state index in [2.05, 4.69) is 0 Å². The molecule has 0 atom stereocenters. The third-order valence-electron chi connectivity index (χ3n) is 4.52. The summed E-state index contributed by atoms with van der Waals surface area (Å²) >= 11 is 0. The second-order valence-corrected chi connectivity index (χ2v) is 8.28. The highest BCUT2D eigenvalue weighted by Crippen LogP contribution is 2.29. The van der Waals surface area contributed by atoms with Crippen molar-refractivity contribution in [2.75, 3.05) is 26.2 Å². The maximum absolute atomic E-state index is 12.8. The van der Waals surface area contributed by atoms with Crippen molar-refractivity contribution in [2.24, 2.45) is 0 Å². The number of nitrogens with zero attached hydrogens (tertiary/aromatic N) is 1. The summed E-state index contributed by atoms with van der Waals surface area (Å²) in [7, 11) is -3.51. The first-order valence-electron chi connectivity index (χ1n) is 8.32. The Hall–Kier alpha value is -1.90. The molecule has 1 heterocycles. The number of sulfonamides is 1. The number of piperazine rings is 1. The SMILES string of the molecule is O=S(=O)(c1ccccc1)N1CC[NH+](Cc2cccc(C(F)(F)F)c2)CC1. The Balaban J connectivity index is 1.63. The molecule has 0 unspecified atom stereocenters. The fourth-order valence-electron chi connectivity index (χ4n) is 3.11. The van der Waals surface area contributed by atoms with Crippen LogP contribution in [0, 0.1) is 0 Å². The number of quaternary nitrogens is 1. The quantitative estimate of drug-likeness (QED) is 0.872. The van der Waals surface area contributed by atoms with Crippen LogP contribution in [0.3, 0.4) is 0 Å². The molecule has 0 saturated carbocycles. The Morgan fingerprint density at radius 3 is 2.23 bits per heavy atom. The van der Waals surface area contributed by atoms with Crippen LogP contribution >= 0.6 is 0 Å². The molecule has 8 heteroatoms. The van der Waals surface area contributed by atoms with Gasteiger partial charge in [0.05, 0.1) is 36.6 Å². The van der Waals surface area contributed by atoms with Crippen LogP contribution in [-0.2, 0) is 22.7 Å². The molecule has 1 aliphatic heterocycles. The molecule has 26 heavy (non-hydrogen) atoms. The van der Waals surface area contributed by atoms with E-state index >= 15 is 0 Å². The van der Waals surface area contributed by atoms with Crippen molar-refractivity contribution in [2.45, 2.75) is 17.6 Å². The molecule has 2 aromatic rings. The zero-order chi connectivity index (χ0) is 18.8. The van der Waals surface area contributed by atoms with Crippen LogP contribution in [0.2, 0.25) is 0 Å². The lowest BCUT2D eigenvalue weighted by atomic mass is 10.1. The van der Waals surface area contributed by atoms with E-state index in [0.717, 1.165) is 11.0 Å². The third-order valence-corrected chi connectivity index (χ3v) is 6.43. The van der Waals surface area contributed by atoms with E-state index in [-0.39, 0.29) is 4.90 Å². The van der Waals surface area contributed by atoms with Crippen LogP contribution in [-0.4, -0.2) is 38.9 Å². The van der Waals surface area contributed by atoms with Crippen molar-refractivity contribution in [3.05, 3.63) is 65.7 Å². The Bertz CT molecular complexity index is 846. The predicted octanol–water partition coefficient (Wildman–Crippen LogP) is 1.79. The molecular formula is C18H20F3N2O2S+. The molecule has 3 rings (SSSR count). The van der Waals surface area contributed by atoms with Crippen LogP contribution in [0.25, 0.3) is 0 Å². The van der Waals surface area contributed by atoms with Crippen molar-refractivity contribution in [1.29, 1.82) is 0 Å². The molecule has 0 spiro atoms. The highest BCUT2D eigenvalue weighted by Gasteiger charge is 2.32. The minimum atomic E-state index is -4.35. The zero-order valence-corrected chi connectivity index (χ0v) is 14.9. The molecule has 4 nitrogen and oxygen atoms in total. The summed E-state index contributed by atoms with van der Waals surface area (Å²) in [5, 5.41) is 0. The lowest BCUT2D eigenvalue weighted by Gasteiger charge is -2.31. The number of hydrogen-bond donors (Lipinski definition) is 1. The molecule has 1 fully saturated rings. The second kappa shape index (κ2) is 7.38. The van der Waals surface area contributed by atoms with E-state index in [0.29, 0.717) is 38.3 Å². The van der Waals surface area contributed by atoms with Crippen LogP contribution < -0.4 is 4.90 Å². The van der Waals surface area contributed by atoms with Gasteiger partial charge in [-0.2, -0.15) is 17.5 Å². The van der Waals surface area contributed by atoms with Gasteiger partial charge in [-0.25, -0.2) is 8.42 Å². The fourth-order valence-corrected chi connectivity index (χ4v) is 4.57. The van der Waals surface area contributed by atoms with Gasteiger partial charge >= 0.3 is 6.18 Å². The van der Waals surface area contributed by atoms with Gasteiger partial charge in [0.15, 0.2) is 0 Å². The minimum absolute atomic E-state index is 0.265. The summed E-state index contributed by atoms with van der Waals surface area (Å²) in [6.07, 6.45) is -4.35. The molecule has 1 saturated heterocycles. The smallest absolute Gasteiger partial charge is 0.329 e. The number of nitrogens with one attached hydrogen (secondary N) is 1. The number of hydrogen-bond acceptors (Lipinski definition) is 2. The van der Waals surface area contributed by atoms with Crippen LogP contribution in [0.15, 0.2) is 59.5 Å². The van der Waals surface area contributed by atoms with Gasteiger partial charge in [-0.05, 0) is 24.3 Å². The maximum Gasteiger partial charge on any atom is 0.416 e. The van der Waals surface area contributed by atoms with Crippen LogP contribution in [0.1, 0.15) is 11.1 Å². The van der Waals surface area contributed by atoms with Crippen LogP contribution in [0.4, 0.5) is 13.2 Å². The van der Waals surface area contributed by atoms with Crippen molar-refractivity contribution in [3.8, 4) is 0 Å². The van der Waals surface area contributed by atoms with Gasteiger partial charge in [0.1, 0.15) is 6.54 Å². The van der Waals surface area contributed by atoms with Gasteiger partial charge in [0, 0.05) is 5.56 Å². The van der Waals surface area contributed by atoms with E-state index in [4.69, 9.17) is 0 Å². The first-order valence-corrected chi connectivity index (χ1v) is 9.76. The highest BCUT2D eigenvalue weighted by atomic mass is 32.2. The van der Waals surface area contributed by atoms with E-state index in [9.17, 15) is 21.6 Å². The average molecular weight is 385 g/mol. The van der Waals surface area contributed by atoms with Crippen molar-refractivity contribution >= 4 is 10.0 Å². The van der Waals surface area contributed by atoms with E-state index in [1.54, 1.807) is 36.4 Å². The molecule has 0 aliphatic carbocycles. The molecule has 2 aromatic carbocycles. The molecule has 0 radical (unpaired) electrons. The minimum Gasteiger partial charge on any atom is -0.329 e. The van der Waals surface area contributed by atoms with Gasteiger partial charge in [-0.1, -0.05) is 30.3 Å². The van der Waals surface area contributed by atoms with Gasteiger partial charge < -0.3 is 4.90 Å². The van der Waals surface area contributed by atoms with Gasteiger partial charge in [-0.15, -0.1) is 0 Å². The Labute approximate surface area is 150 Å². The summed E-state index contributed by atoms with van der Waals surface area (Å²) < 4.78 is 65.1. The van der Waals surface area contributed by atoms with Gasteiger partial charge in [0.2, 0.25) is 10.0 Å². The van der Waals surface area contributed by atoms with Gasteiger partial charge in [0.25, 0.3) is 0 Å². The monoisotopic (exact) mass is 385 g/mol. The average Bonchev–Trinajstić information content (AvgIpc) is 2.62.